The van der Waals surface area contributed by atoms with E-state index in [1.165, 1.54) is 11.6 Å². The summed E-state index contributed by atoms with van der Waals surface area (Å²) >= 11 is 0. The Labute approximate surface area is 199 Å². The highest BCUT2D eigenvalue weighted by atomic mass is 19.4. The summed E-state index contributed by atoms with van der Waals surface area (Å²) in [6, 6.07) is 3.98. The van der Waals surface area contributed by atoms with Crippen molar-refractivity contribution in [2.24, 2.45) is 0 Å². The first-order chi connectivity index (χ1) is 15.8. The smallest absolute Gasteiger partial charge is 0.451 e. The highest BCUT2D eigenvalue weighted by Crippen LogP contribution is 2.26. The standard InChI is InChI=1S/C8H9F3N2.C8H12N2O.C8H12N2/c1-5(2)6-3-4-12-7(13-6)8(9,10)11;1-6(2)7-4-9-8(11-3)10-5-7;1-6(2)8-4-7(3)10-9-5-8/h3-5H,1-2H3;4-6H,1-3H3;4-6H,1-3H3. The van der Waals surface area contributed by atoms with E-state index in [2.05, 4.69) is 63.9 Å². The summed E-state index contributed by atoms with van der Waals surface area (Å²) in [7, 11) is 1.56. The van der Waals surface area contributed by atoms with Gasteiger partial charge in [0.25, 0.3) is 0 Å². The monoisotopic (exact) mass is 478 g/mol. The minimum Gasteiger partial charge on any atom is -0.467 e. The molecule has 0 saturated carbocycles. The van der Waals surface area contributed by atoms with E-state index in [0.717, 1.165) is 17.5 Å². The van der Waals surface area contributed by atoms with E-state index >= 15 is 0 Å². The fourth-order valence-corrected chi connectivity index (χ4v) is 2.37. The molecule has 0 bridgehead atoms. The topological polar surface area (TPSA) is 86.6 Å². The van der Waals surface area contributed by atoms with E-state index < -0.39 is 12.0 Å². The summed E-state index contributed by atoms with van der Waals surface area (Å²) < 4.78 is 41.1. The second kappa shape index (κ2) is 13.5. The van der Waals surface area contributed by atoms with E-state index in [1.807, 2.05) is 13.1 Å². The first-order valence-electron chi connectivity index (χ1n) is 10.9. The van der Waals surface area contributed by atoms with Crippen LogP contribution < -0.4 is 4.74 Å². The Hall–Kier alpha value is -3.17. The number of methoxy groups -OCH3 is 1. The van der Waals surface area contributed by atoms with Gasteiger partial charge in [-0.3, -0.25) is 0 Å². The van der Waals surface area contributed by atoms with Gasteiger partial charge in [0.1, 0.15) is 0 Å². The molecular weight excluding hydrogens is 445 g/mol. The van der Waals surface area contributed by atoms with Crippen LogP contribution in [0.25, 0.3) is 0 Å². The summed E-state index contributed by atoms with van der Waals surface area (Å²) in [5, 5.41) is 7.73. The Bertz CT molecular complexity index is 992. The molecule has 0 saturated heterocycles. The Kier molecular flexibility index (Phi) is 11.5. The lowest BCUT2D eigenvalue weighted by Gasteiger charge is -2.07. The van der Waals surface area contributed by atoms with Crippen LogP contribution in [-0.4, -0.2) is 37.2 Å². The fourth-order valence-electron chi connectivity index (χ4n) is 2.37. The largest absolute Gasteiger partial charge is 0.467 e. The molecule has 7 nitrogen and oxygen atoms in total. The van der Waals surface area contributed by atoms with Gasteiger partial charge in [0.05, 0.1) is 19.0 Å². The third-order valence-electron chi connectivity index (χ3n) is 4.48. The molecule has 0 unspecified atom stereocenters. The van der Waals surface area contributed by atoms with Crippen molar-refractivity contribution in [3.05, 3.63) is 65.3 Å². The normalized spacial score (nSPS) is 11.0. The number of rotatable bonds is 4. The van der Waals surface area contributed by atoms with Crippen LogP contribution in [0.3, 0.4) is 0 Å². The van der Waals surface area contributed by atoms with Gasteiger partial charge in [-0.2, -0.15) is 23.4 Å². The lowest BCUT2D eigenvalue weighted by Crippen LogP contribution is -2.12. The van der Waals surface area contributed by atoms with E-state index in [4.69, 9.17) is 4.74 Å². The van der Waals surface area contributed by atoms with Gasteiger partial charge < -0.3 is 4.74 Å². The molecule has 0 aliphatic heterocycles. The van der Waals surface area contributed by atoms with Gasteiger partial charge >= 0.3 is 12.2 Å². The van der Waals surface area contributed by atoms with Crippen molar-refractivity contribution in [3.63, 3.8) is 0 Å². The van der Waals surface area contributed by atoms with E-state index in [1.54, 1.807) is 33.4 Å². The van der Waals surface area contributed by atoms with E-state index in [-0.39, 0.29) is 5.92 Å². The van der Waals surface area contributed by atoms with Crippen molar-refractivity contribution < 1.29 is 17.9 Å². The molecule has 3 aromatic heterocycles. The molecule has 3 rings (SSSR count). The Morgan fingerprint density at radius 2 is 1.41 bits per heavy atom. The van der Waals surface area contributed by atoms with Gasteiger partial charge in [-0.05, 0) is 47.9 Å². The number of aromatic nitrogens is 6. The highest BCUT2D eigenvalue weighted by molar-refractivity contribution is 5.14. The Morgan fingerprint density at radius 3 is 1.82 bits per heavy atom. The molecule has 186 valence electrons. The SMILES string of the molecule is CC(C)c1ccnc(C(F)(F)F)n1.COc1ncc(C(C)C)cn1.Cc1cc(C(C)C)cnn1. The molecule has 10 heteroatoms. The average Bonchev–Trinajstić information content (AvgIpc) is 2.79. The summed E-state index contributed by atoms with van der Waals surface area (Å²) in [5.74, 6) is -0.0714. The predicted molar refractivity (Wildman–Crippen MR) is 125 cm³/mol. The number of nitrogens with zero attached hydrogens (tertiary/aromatic N) is 6. The predicted octanol–water partition coefficient (Wildman–Crippen LogP) is 6.14. The molecule has 3 heterocycles. The minimum absolute atomic E-state index is 0.0240. The first kappa shape index (κ1) is 28.9. The zero-order valence-corrected chi connectivity index (χ0v) is 20.9. The summed E-state index contributed by atoms with van der Waals surface area (Å²) in [6.07, 6.45) is 2.07. The minimum atomic E-state index is -4.45. The number of hydrogen-bond donors (Lipinski definition) is 0. The fraction of sp³-hybridized carbons (Fsp3) is 0.500. The quantitative estimate of drug-likeness (QED) is 0.445. The number of alkyl halides is 3. The van der Waals surface area contributed by atoms with Crippen LogP contribution in [0.15, 0.2) is 36.9 Å². The number of halogens is 3. The van der Waals surface area contributed by atoms with Crippen LogP contribution >= 0.6 is 0 Å². The lowest BCUT2D eigenvalue weighted by atomic mass is 10.1. The van der Waals surface area contributed by atoms with Gasteiger partial charge in [-0.15, -0.1) is 0 Å². The molecule has 0 aliphatic rings. The van der Waals surface area contributed by atoms with Crippen molar-refractivity contribution in [3.8, 4) is 6.01 Å². The zero-order chi connectivity index (χ0) is 25.9. The maximum Gasteiger partial charge on any atom is 0.451 e. The van der Waals surface area contributed by atoms with Crippen LogP contribution in [0.4, 0.5) is 13.2 Å². The maximum absolute atomic E-state index is 12.1. The van der Waals surface area contributed by atoms with Crippen LogP contribution in [0, 0.1) is 6.92 Å². The van der Waals surface area contributed by atoms with Crippen molar-refractivity contribution in [1.82, 2.24) is 30.1 Å². The molecule has 0 fully saturated rings. The third kappa shape index (κ3) is 10.2. The molecule has 0 amide bonds. The molecule has 34 heavy (non-hydrogen) atoms. The van der Waals surface area contributed by atoms with Gasteiger partial charge in [-0.25, -0.2) is 19.9 Å². The third-order valence-corrected chi connectivity index (χ3v) is 4.48. The molecule has 0 spiro atoms. The zero-order valence-electron chi connectivity index (χ0n) is 20.9. The van der Waals surface area contributed by atoms with Crippen molar-refractivity contribution in [1.29, 1.82) is 0 Å². The van der Waals surface area contributed by atoms with Gasteiger partial charge in [0, 0.05) is 24.3 Å². The van der Waals surface area contributed by atoms with E-state index in [0.29, 0.717) is 23.5 Å². The Morgan fingerprint density at radius 1 is 0.824 bits per heavy atom. The summed E-state index contributed by atoms with van der Waals surface area (Å²) in [6.45, 7) is 14.0. The Balaban J connectivity index is 0.000000257. The first-order valence-corrected chi connectivity index (χ1v) is 10.9. The van der Waals surface area contributed by atoms with Crippen molar-refractivity contribution in [2.45, 2.75) is 72.4 Å². The van der Waals surface area contributed by atoms with Gasteiger partial charge in [0.2, 0.25) is 5.82 Å². The second-order valence-electron chi connectivity index (χ2n) is 8.40. The molecule has 0 aliphatic carbocycles. The second-order valence-corrected chi connectivity index (χ2v) is 8.40. The maximum atomic E-state index is 12.1. The summed E-state index contributed by atoms with van der Waals surface area (Å²) in [5.41, 5.74) is 3.78. The van der Waals surface area contributed by atoms with Crippen molar-refractivity contribution in [2.75, 3.05) is 7.11 Å². The van der Waals surface area contributed by atoms with E-state index in [9.17, 15) is 13.2 Å². The molecule has 0 radical (unpaired) electrons. The molecule has 3 aromatic rings. The molecule has 0 atom stereocenters. The number of ether oxygens (including phenoxy) is 1. The van der Waals surface area contributed by atoms with Crippen LogP contribution in [-0.2, 0) is 6.18 Å². The number of aryl methyl sites for hydroxylation is 1. The molecular formula is C24H33F3N6O. The molecule has 0 N–H and O–H groups in total. The average molecular weight is 479 g/mol. The lowest BCUT2D eigenvalue weighted by molar-refractivity contribution is -0.145. The van der Waals surface area contributed by atoms with Gasteiger partial charge in [-0.1, -0.05) is 41.5 Å². The highest BCUT2D eigenvalue weighted by Gasteiger charge is 2.34. The van der Waals surface area contributed by atoms with Crippen molar-refractivity contribution >= 4 is 0 Å². The van der Waals surface area contributed by atoms with Crippen LogP contribution in [0.2, 0.25) is 0 Å². The number of hydrogen-bond acceptors (Lipinski definition) is 7. The van der Waals surface area contributed by atoms with Gasteiger partial charge in [0.15, 0.2) is 0 Å². The molecule has 0 aromatic carbocycles. The van der Waals surface area contributed by atoms with Crippen LogP contribution in [0.1, 0.15) is 87.6 Å². The summed E-state index contributed by atoms with van der Waals surface area (Å²) in [4.78, 5) is 14.5. The van der Waals surface area contributed by atoms with Crippen LogP contribution in [0.5, 0.6) is 6.01 Å².